The van der Waals surface area contributed by atoms with E-state index in [0.717, 1.165) is 19.3 Å². The van der Waals surface area contributed by atoms with Crippen LogP contribution in [0.25, 0.3) is 0 Å². The fourth-order valence-corrected chi connectivity index (χ4v) is 2.14. The van der Waals surface area contributed by atoms with E-state index in [2.05, 4.69) is 6.58 Å². The van der Waals surface area contributed by atoms with E-state index in [1.807, 2.05) is 0 Å². The number of epoxide rings is 1. The summed E-state index contributed by atoms with van der Waals surface area (Å²) in [5.74, 6) is -0.711. The van der Waals surface area contributed by atoms with Gasteiger partial charge in [0.2, 0.25) is 0 Å². The van der Waals surface area contributed by atoms with Crippen LogP contribution in [0.4, 0.5) is 0 Å². The molecule has 1 heterocycles. The van der Waals surface area contributed by atoms with Crippen LogP contribution in [0.5, 0.6) is 0 Å². The van der Waals surface area contributed by atoms with E-state index < -0.39 is 11.9 Å². The lowest BCUT2D eigenvalue weighted by Gasteiger charge is -2.18. The van der Waals surface area contributed by atoms with Gasteiger partial charge in [-0.05, 0) is 32.1 Å². The van der Waals surface area contributed by atoms with Crippen LogP contribution in [0.1, 0.15) is 26.2 Å². The van der Waals surface area contributed by atoms with Gasteiger partial charge in [-0.1, -0.05) is 6.58 Å². The predicted molar refractivity (Wildman–Crippen MR) is 62.7 cm³/mol. The number of hydrogen-bond acceptors (Lipinski definition) is 5. The first-order valence-electron chi connectivity index (χ1n) is 6.20. The summed E-state index contributed by atoms with van der Waals surface area (Å²) in [6.07, 6.45) is 3.87. The lowest BCUT2D eigenvalue weighted by molar-refractivity contribution is -0.157. The molecule has 2 rings (SSSR count). The number of rotatable bonds is 5. The van der Waals surface area contributed by atoms with Crippen LogP contribution in [0, 0.1) is 5.92 Å². The smallest absolute Gasteiger partial charge is 0.344 e. The Kier molecular flexibility index (Phi) is 4.01. The van der Waals surface area contributed by atoms with Gasteiger partial charge in [-0.15, -0.1) is 0 Å². The summed E-state index contributed by atoms with van der Waals surface area (Å²) in [5.41, 5.74) is 0.270. The van der Waals surface area contributed by atoms with Crippen molar-refractivity contribution < 1.29 is 23.8 Å². The molecule has 1 aliphatic heterocycles. The minimum Gasteiger partial charge on any atom is -0.463 e. The molecule has 0 amide bonds. The van der Waals surface area contributed by atoms with Crippen molar-refractivity contribution in [1.29, 1.82) is 0 Å². The molecule has 2 aliphatic rings. The topological polar surface area (TPSA) is 65.1 Å². The van der Waals surface area contributed by atoms with Crippen LogP contribution in [-0.2, 0) is 23.8 Å². The minimum absolute atomic E-state index is 0.270. The largest absolute Gasteiger partial charge is 0.463 e. The summed E-state index contributed by atoms with van der Waals surface area (Å²) >= 11 is 0. The number of carbonyl (C=O) groups excluding carboxylic acids is 2. The summed E-state index contributed by atoms with van der Waals surface area (Å²) in [4.78, 5) is 22.4. The molecular weight excluding hydrogens is 236 g/mol. The van der Waals surface area contributed by atoms with Gasteiger partial charge >= 0.3 is 11.9 Å². The van der Waals surface area contributed by atoms with Gasteiger partial charge in [-0.2, -0.15) is 0 Å². The van der Waals surface area contributed by atoms with E-state index in [0.29, 0.717) is 24.7 Å². The Morgan fingerprint density at radius 3 is 2.72 bits per heavy atom. The molecule has 3 atom stereocenters. The van der Waals surface area contributed by atoms with E-state index in [9.17, 15) is 9.59 Å². The SMILES string of the molecule is C=C(C)C(=O)OCC(=O)OCC1CCC2OC2C1. The molecule has 1 saturated heterocycles. The number of esters is 2. The van der Waals surface area contributed by atoms with Crippen molar-refractivity contribution >= 4 is 11.9 Å². The molecule has 0 spiro atoms. The fourth-order valence-electron chi connectivity index (χ4n) is 2.14. The summed E-state index contributed by atoms with van der Waals surface area (Å²) < 4.78 is 15.2. The second kappa shape index (κ2) is 5.52. The fraction of sp³-hybridized carbons (Fsp3) is 0.692. The molecule has 0 aromatic heterocycles. The molecule has 0 aromatic rings. The quantitative estimate of drug-likeness (QED) is 0.419. The van der Waals surface area contributed by atoms with Crippen molar-refractivity contribution in [2.75, 3.05) is 13.2 Å². The predicted octanol–water partition coefficient (Wildman–Crippen LogP) is 1.22. The normalized spacial score (nSPS) is 29.1. The van der Waals surface area contributed by atoms with Crippen molar-refractivity contribution in [3.8, 4) is 0 Å². The molecule has 5 heteroatoms. The summed E-state index contributed by atoms with van der Waals surface area (Å²) in [7, 11) is 0. The lowest BCUT2D eigenvalue weighted by Crippen LogP contribution is -2.23. The van der Waals surface area contributed by atoms with Crippen LogP contribution in [-0.4, -0.2) is 37.4 Å². The Bertz CT molecular complexity index is 362. The highest BCUT2D eigenvalue weighted by molar-refractivity contribution is 5.88. The number of ether oxygens (including phenoxy) is 3. The zero-order valence-corrected chi connectivity index (χ0v) is 10.5. The van der Waals surface area contributed by atoms with Gasteiger partial charge in [0.1, 0.15) is 0 Å². The maximum atomic E-state index is 11.3. The van der Waals surface area contributed by atoms with Crippen LogP contribution in [0.3, 0.4) is 0 Å². The zero-order chi connectivity index (χ0) is 13.1. The van der Waals surface area contributed by atoms with Gasteiger partial charge < -0.3 is 14.2 Å². The number of fused-ring (bicyclic) bond motifs is 1. The summed E-state index contributed by atoms with van der Waals surface area (Å²) in [6.45, 7) is 4.99. The Morgan fingerprint density at radius 2 is 2.06 bits per heavy atom. The van der Waals surface area contributed by atoms with Crippen LogP contribution < -0.4 is 0 Å². The molecule has 0 aromatic carbocycles. The highest BCUT2D eigenvalue weighted by Gasteiger charge is 2.43. The van der Waals surface area contributed by atoms with E-state index in [1.165, 1.54) is 6.92 Å². The third kappa shape index (κ3) is 3.57. The Hall–Kier alpha value is -1.36. The Balaban J connectivity index is 1.59. The van der Waals surface area contributed by atoms with Gasteiger partial charge in [0.05, 0.1) is 18.8 Å². The Labute approximate surface area is 106 Å². The first-order chi connectivity index (χ1) is 8.56. The monoisotopic (exact) mass is 254 g/mol. The van der Waals surface area contributed by atoms with Crippen molar-refractivity contribution in [1.82, 2.24) is 0 Å². The molecule has 3 unspecified atom stereocenters. The minimum atomic E-state index is -0.571. The molecule has 0 radical (unpaired) electrons. The van der Waals surface area contributed by atoms with E-state index in [1.54, 1.807) is 0 Å². The highest BCUT2D eigenvalue weighted by atomic mass is 16.6. The molecule has 100 valence electrons. The molecule has 5 nitrogen and oxygen atoms in total. The van der Waals surface area contributed by atoms with E-state index in [4.69, 9.17) is 14.2 Å². The summed E-state index contributed by atoms with van der Waals surface area (Å²) in [6, 6.07) is 0. The van der Waals surface area contributed by atoms with Crippen molar-refractivity contribution in [2.45, 2.75) is 38.4 Å². The first-order valence-corrected chi connectivity index (χ1v) is 6.20. The second-order valence-electron chi connectivity index (χ2n) is 4.93. The number of hydrogen-bond donors (Lipinski definition) is 0. The van der Waals surface area contributed by atoms with E-state index in [-0.39, 0.29) is 12.2 Å². The molecule has 18 heavy (non-hydrogen) atoms. The van der Waals surface area contributed by atoms with Gasteiger partial charge in [-0.3, -0.25) is 0 Å². The number of carbonyl (C=O) groups is 2. The second-order valence-corrected chi connectivity index (χ2v) is 4.93. The standard InChI is InChI=1S/C13H18O5/c1-8(2)13(15)17-7-12(14)16-6-9-3-4-10-11(5-9)18-10/h9-11H,1,3-7H2,2H3. The molecule has 0 bridgehead atoms. The highest BCUT2D eigenvalue weighted by Crippen LogP contribution is 2.39. The van der Waals surface area contributed by atoms with Crippen molar-refractivity contribution in [3.05, 3.63) is 12.2 Å². The third-order valence-electron chi connectivity index (χ3n) is 3.26. The van der Waals surface area contributed by atoms with E-state index >= 15 is 0 Å². The molecule has 1 aliphatic carbocycles. The van der Waals surface area contributed by atoms with Crippen molar-refractivity contribution in [2.24, 2.45) is 5.92 Å². The van der Waals surface area contributed by atoms with Gasteiger partial charge in [0, 0.05) is 5.57 Å². The summed E-state index contributed by atoms with van der Waals surface area (Å²) in [5, 5.41) is 0. The maximum absolute atomic E-state index is 11.3. The molecular formula is C13H18O5. The van der Waals surface area contributed by atoms with Crippen LogP contribution in [0.15, 0.2) is 12.2 Å². The average molecular weight is 254 g/mol. The van der Waals surface area contributed by atoms with Gasteiger partial charge in [0.15, 0.2) is 6.61 Å². The molecule has 0 N–H and O–H groups in total. The maximum Gasteiger partial charge on any atom is 0.344 e. The van der Waals surface area contributed by atoms with Gasteiger partial charge in [-0.25, -0.2) is 9.59 Å². The zero-order valence-electron chi connectivity index (χ0n) is 10.5. The van der Waals surface area contributed by atoms with Crippen LogP contribution in [0.2, 0.25) is 0 Å². The van der Waals surface area contributed by atoms with Crippen molar-refractivity contribution in [3.63, 3.8) is 0 Å². The molecule has 2 fully saturated rings. The third-order valence-corrected chi connectivity index (χ3v) is 3.26. The first kappa shape index (κ1) is 13.1. The average Bonchev–Trinajstić information content (AvgIpc) is 3.11. The Morgan fingerprint density at radius 1 is 1.28 bits per heavy atom. The molecule has 1 saturated carbocycles. The lowest BCUT2D eigenvalue weighted by atomic mass is 9.90. The van der Waals surface area contributed by atoms with Crippen LogP contribution >= 0.6 is 0 Å². The van der Waals surface area contributed by atoms with Gasteiger partial charge in [0.25, 0.3) is 0 Å².